The van der Waals surface area contributed by atoms with Crippen molar-refractivity contribution >= 4 is 35.1 Å². The number of rotatable bonds is 7. The van der Waals surface area contributed by atoms with E-state index in [0.717, 1.165) is 17.0 Å². The molecule has 2 N–H and O–H groups in total. The van der Waals surface area contributed by atoms with Gasteiger partial charge in [0, 0.05) is 5.69 Å². The van der Waals surface area contributed by atoms with Crippen molar-refractivity contribution in [3.63, 3.8) is 0 Å². The zero-order valence-corrected chi connectivity index (χ0v) is 15.6. The molecule has 3 aromatic rings. The van der Waals surface area contributed by atoms with Crippen molar-refractivity contribution in [1.29, 1.82) is 0 Å². The minimum absolute atomic E-state index is 0.125. The Balaban J connectivity index is 1.67. The Labute approximate surface area is 155 Å². The van der Waals surface area contributed by atoms with Gasteiger partial charge in [0.05, 0.1) is 4.88 Å². The van der Waals surface area contributed by atoms with Crippen molar-refractivity contribution in [3.8, 4) is 10.7 Å². The molecule has 5 nitrogen and oxygen atoms in total. The highest BCUT2D eigenvalue weighted by Crippen LogP contribution is 2.22. The van der Waals surface area contributed by atoms with Crippen molar-refractivity contribution in [2.24, 2.45) is 0 Å². The summed E-state index contributed by atoms with van der Waals surface area (Å²) in [5, 5.41) is 11.9. The van der Waals surface area contributed by atoms with Gasteiger partial charge in [-0.1, -0.05) is 31.5 Å². The Bertz CT molecular complexity index is 879. The average Bonchev–Trinajstić information content (AvgIpc) is 3.25. The zero-order chi connectivity index (χ0) is 17.6. The SMILES string of the molecule is CCCCc1ccc(NC(=O)Cn2c(-c3cccs3)n[nH]c2=S)cc1. The van der Waals surface area contributed by atoms with Crippen LogP contribution in [0.3, 0.4) is 0 Å². The third-order valence-electron chi connectivity index (χ3n) is 3.86. The van der Waals surface area contributed by atoms with E-state index >= 15 is 0 Å². The lowest BCUT2D eigenvalue weighted by atomic mass is 10.1. The second kappa shape index (κ2) is 8.22. The number of aromatic amines is 1. The van der Waals surface area contributed by atoms with Gasteiger partial charge >= 0.3 is 0 Å². The van der Waals surface area contributed by atoms with Crippen LogP contribution in [0.1, 0.15) is 25.3 Å². The topological polar surface area (TPSA) is 62.7 Å². The highest BCUT2D eigenvalue weighted by Gasteiger charge is 2.13. The number of hydrogen-bond acceptors (Lipinski definition) is 4. The van der Waals surface area contributed by atoms with Crippen LogP contribution in [0.5, 0.6) is 0 Å². The monoisotopic (exact) mass is 372 g/mol. The number of hydrogen-bond donors (Lipinski definition) is 2. The maximum Gasteiger partial charge on any atom is 0.244 e. The minimum atomic E-state index is -0.128. The van der Waals surface area contributed by atoms with Gasteiger partial charge in [0.2, 0.25) is 5.91 Å². The molecule has 0 atom stereocenters. The Morgan fingerprint density at radius 3 is 2.80 bits per heavy atom. The third-order valence-corrected chi connectivity index (χ3v) is 5.04. The van der Waals surface area contributed by atoms with Crippen molar-refractivity contribution in [1.82, 2.24) is 14.8 Å². The number of thiophene rings is 1. The summed E-state index contributed by atoms with van der Waals surface area (Å²) in [5.41, 5.74) is 2.08. The first-order valence-corrected chi connectivity index (χ1v) is 9.54. The van der Waals surface area contributed by atoms with E-state index in [1.165, 1.54) is 18.4 Å². The molecule has 0 spiro atoms. The summed E-state index contributed by atoms with van der Waals surface area (Å²) in [4.78, 5) is 13.4. The standard InChI is InChI=1S/C18H20N4OS2/c1-2-3-5-13-7-9-14(10-8-13)19-16(23)12-22-17(20-21-18(22)24)15-6-4-11-25-15/h4,6-11H,2-3,5,12H2,1H3,(H,19,23)(H,21,24). The molecule has 7 heteroatoms. The third kappa shape index (κ3) is 4.43. The van der Waals surface area contributed by atoms with Crippen LogP contribution in [-0.4, -0.2) is 20.7 Å². The van der Waals surface area contributed by atoms with E-state index in [0.29, 0.717) is 10.6 Å². The lowest BCUT2D eigenvalue weighted by Gasteiger charge is -2.08. The van der Waals surface area contributed by atoms with Gasteiger partial charge in [-0.15, -0.1) is 11.3 Å². The number of nitrogens with one attached hydrogen (secondary N) is 2. The van der Waals surface area contributed by atoms with Crippen molar-refractivity contribution < 1.29 is 4.79 Å². The first-order chi connectivity index (χ1) is 12.2. The fraction of sp³-hybridized carbons (Fsp3) is 0.278. The van der Waals surface area contributed by atoms with Crippen molar-refractivity contribution in [2.45, 2.75) is 32.7 Å². The van der Waals surface area contributed by atoms with Crippen LogP contribution in [0, 0.1) is 4.77 Å². The molecule has 1 amide bonds. The number of benzene rings is 1. The second-order valence-electron chi connectivity index (χ2n) is 5.76. The highest BCUT2D eigenvalue weighted by atomic mass is 32.1. The van der Waals surface area contributed by atoms with Gasteiger partial charge in [-0.2, -0.15) is 5.10 Å². The molecule has 0 aliphatic heterocycles. The number of nitrogens with zero attached hydrogens (tertiary/aromatic N) is 2. The van der Waals surface area contributed by atoms with Crippen LogP contribution in [0.25, 0.3) is 10.7 Å². The molecule has 0 aliphatic carbocycles. The van der Waals surface area contributed by atoms with Gasteiger partial charge in [-0.25, -0.2) is 0 Å². The number of carbonyl (C=O) groups is 1. The Morgan fingerprint density at radius 1 is 1.32 bits per heavy atom. The summed E-state index contributed by atoms with van der Waals surface area (Å²) in [6.45, 7) is 2.31. The van der Waals surface area contributed by atoms with Crippen LogP contribution < -0.4 is 5.32 Å². The number of unbranched alkanes of at least 4 members (excludes halogenated alkanes) is 1. The Kier molecular flexibility index (Phi) is 5.78. The predicted octanol–water partition coefficient (Wildman–Crippen LogP) is 4.65. The molecule has 0 aliphatic rings. The Hall–Kier alpha value is -2.25. The molecule has 0 saturated carbocycles. The zero-order valence-electron chi connectivity index (χ0n) is 14.0. The summed E-state index contributed by atoms with van der Waals surface area (Å²) in [7, 11) is 0. The molecule has 2 heterocycles. The van der Waals surface area contributed by atoms with Gasteiger partial charge < -0.3 is 5.32 Å². The molecule has 130 valence electrons. The molecule has 1 aromatic carbocycles. The number of aryl methyl sites for hydroxylation is 1. The largest absolute Gasteiger partial charge is 0.325 e. The first-order valence-electron chi connectivity index (χ1n) is 8.25. The smallest absolute Gasteiger partial charge is 0.244 e. The fourth-order valence-corrected chi connectivity index (χ4v) is 3.46. The van der Waals surface area contributed by atoms with Crippen molar-refractivity contribution in [2.75, 3.05) is 5.32 Å². The molecule has 0 fully saturated rings. The summed E-state index contributed by atoms with van der Waals surface area (Å²) in [6.07, 6.45) is 3.42. The number of anilines is 1. The van der Waals surface area contributed by atoms with Crippen LogP contribution in [-0.2, 0) is 17.8 Å². The van der Waals surface area contributed by atoms with E-state index in [9.17, 15) is 4.79 Å². The molecule has 25 heavy (non-hydrogen) atoms. The summed E-state index contributed by atoms with van der Waals surface area (Å²) < 4.78 is 2.15. The quantitative estimate of drug-likeness (QED) is 0.593. The molecular weight excluding hydrogens is 352 g/mol. The highest BCUT2D eigenvalue weighted by molar-refractivity contribution is 7.71. The molecule has 3 rings (SSSR count). The predicted molar refractivity (Wildman–Crippen MR) is 104 cm³/mol. The van der Waals surface area contributed by atoms with Gasteiger partial charge in [0.1, 0.15) is 6.54 Å². The van der Waals surface area contributed by atoms with E-state index in [1.54, 1.807) is 15.9 Å². The van der Waals surface area contributed by atoms with Crippen molar-refractivity contribution in [3.05, 3.63) is 52.1 Å². The number of carbonyl (C=O) groups excluding carboxylic acids is 1. The molecule has 0 bridgehead atoms. The van der Waals surface area contributed by atoms with Gasteiger partial charge in [-0.3, -0.25) is 14.5 Å². The van der Waals surface area contributed by atoms with E-state index in [2.05, 4.69) is 34.6 Å². The maximum atomic E-state index is 12.4. The fourth-order valence-electron chi connectivity index (χ4n) is 2.54. The molecule has 0 radical (unpaired) electrons. The lowest BCUT2D eigenvalue weighted by Crippen LogP contribution is -2.19. The van der Waals surface area contributed by atoms with E-state index in [1.807, 2.05) is 29.6 Å². The van der Waals surface area contributed by atoms with E-state index in [-0.39, 0.29) is 12.5 Å². The molecule has 0 unspecified atom stereocenters. The van der Waals surface area contributed by atoms with Gasteiger partial charge in [0.15, 0.2) is 10.6 Å². The lowest BCUT2D eigenvalue weighted by molar-refractivity contribution is -0.116. The van der Waals surface area contributed by atoms with Crippen LogP contribution in [0.15, 0.2) is 41.8 Å². The molecule has 2 aromatic heterocycles. The number of aromatic nitrogens is 3. The second-order valence-corrected chi connectivity index (χ2v) is 7.10. The number of amides is 1. The summed E-state index contributed by atoms with van der Waals surface area (Å²) in [5.74, 6) is 0.557. The summed E-state index contributed by atoms with van der Waals surface area (Å²) >= 11 is 6.82. The summed E-state index contributed by atoms with van der Waals surface area (Å²) in [6, 6.07) is 11.9. The number of H-pyrrole nitrogens is 1. The maximum absolute atomic E-state index is 12.4. The molecular formula is C18H20N4OS2. The molecule has 0 saturated heterocycles. The van der Waals surface area contributed by atoms with Crippen LogP contribution in [0.4, 0.5) is 5.69 Å². The minimum Gasteiger partial charge on any atom is -0.325 e. The van der Waals surface area contributed by atoms with Crippen LogP contribution in [0.2, 0.25) is 0 Å². The van der Waals surface area contributed by atoms with E-state index in [4.69, 9.17) is 12.2 Å². The van der Waals surface area contributed by atoms with Crippen LogP contribution >= 0.6 is 23.6 Å². The normalized spacial score (nSPS) is 10.8. The average molecular weight is 373 g/mol. The van der Waals surface area contributed by atoms with Gasteiger partial charge in [0.25, 0.3) is 0 Å². The Morgan fingerprint density at radius 2 is 2.12 bits per heavy atom. The first kappa shape index (κ1) is 17.6. The van der Waals surface area contributed by atoms with E-state index < -0.39 is 0 Å². The van der Waals surface area contributed by atoms with Gasteiger partial charge in [-0.05, 0) is 54.2 Å².